The SMILES string of the molecule is O=C(O)[C@H]1CCc2ccc([N+](=O)[O-])cc2C1. The molecule has 5 heteroatoms. The number of carbonyl (C=O) groups is 1. The van der Waals surface area contributed by atoms with Gasteiger partial charge in [0.2, 0.25) is 0 Å². The van der Waals surface area contributed by atoms with E-state index >= 15 is 0 Å². The molecule has 2 rings (SSSR count). The van der Waals surface area contributed by atoms with Crippen LogP contribution in [0, 0.1) is 16.0 Å². The molecule has 0 saturated carbocycles. The van der Waals surface area contributed by atoms with E-state index in [0.29, 0.717) is 19.3 Å². The van der Waals surface area contributed by atoms with Crippen LogP contribution >= 0.6 is 0 Å². The monoisotopic (exact) mass is 221 g/mol. The fourth-order valence-electron chi connectivity index (χ4n) is 2.07. The van der Waals surface area contributed by atoms with E-state index in [1.807, 2.05) is 0 Å². The molecule has 0 heterocycles. The fourth-order valence-corrected chi connectivity index (χ4v) is 2.07. The van der Waals surface area contributed by atoms with Crippen molar-refractivity contribution < 1.29 is 14.8 Å². The van der Waals surface area contributed by atoms with Crippen molar-refractivity contribution in [3.05, 3.63) is 39.4 Å². The van der Waals surface area contributed by atoms with Gasteiger partial charge in [-0.15, -0.1) is 0 Å². The second-order valence-corrected chi connectivity index (χ2v) is 3.99. The van der Waals surface area contributed by atoms with Gasteiger partial charge in [-0.1, -0.05) is 6.07 Å². The van der Waals surface area contributed by atoms with Gasteiger partial charge in [0.25, 0.3) is 5.69 Å². The first kappa shape index (κ1) is 10.6. The summed E-state index contributed by atoms with van der Waals surface area (Å²) >= 11 is 0. The third-order valence-electron chi connectivity index (χ3n) is 2.98. The molecule has 1 N–H and O–H groups in total. The van der Waals surface area contributed by atoms with Gasteiger partial charge in [-0.2, -0.15) is 0 Å². The van der Waals surface area contributed by atoms with Crippen molar-refractivity contribution >= 4 is 11.7 Å². The van der Waals surface area contributed by atoms with Crippen molar-refractivity contribution in [3.63, 3.8) is 0 Å². The molecule has 0 radical (unpaired) electrons. The summed E-state index contributed by atoms with van der Waals surface area (Å²) in [7, 11) is 0. The molecule has 1 aromatic carbocycles. The lowest BCUT2D eigenvalue weighted by molar-refractivity contribution is -0.384. The zero-order valence-electron chi connectivity index (χ0n) is 8.55. The first-order chi connectivity index (χ1) is 7.58. The summed E-state index contributed by atoms with van der Waals surface area (Å²) in [6, 6.07) is 4.69. The topological polar surface area (TPSA) is 80.4 Å². The minimum atomic E-state index is -0.822. The largest absolute Gasteiger partial charge is 0.481 e. The van der Waals surface area contributed by atoms with Gasteiger partial charge in [0, 0.05) is 12.1 Å². The van der Waals surface area contributed by atoms with Crippen LogP contribution in [0.25, 0.3) is 0 Å². The van der Waals surface area contributed by atoms with Gasteiger partial charge in [0.15, 0.2) is 0 Å². The van der Waals surface area contributed by atoms with Gasteiger partial charge in [-0.25, -0.2) is 0 Å². The van der Waals surface area contributed by atoms with Crippen LogP contribution in [0.1, 0.15) is 17.5 Å². The van der Waals surface area contributed by atoms with Crippen LogP contribution in [-0.4, -0.2) is 16.0 Å². The Morgan fingerprint density at radius 3 is 2.81 bits per heavy atom. The molecule has 0 fully saturated rings. The Bertz CT molecular complexity index is 455. The number of aryl methyl sites for hydroxylation is 1. The summed E-state index contributed by atoms with van der Waals surface area (Å²) in [5, 5.41) is 19.5. The highest BCUT2D eigenvalue weighted by Gasteiger charge is 2.25. The molecule has 1 atom stereocenters. The molecule has 1 aliphatic rings. The zero-order valence-corrected chi connectivity index (χ0v) is 8.55. The average Bonchev–Trinajstić information content (AvgIpc) is 2.27. The van der Waals surface area contributed by atoms with E-state index in [-0.39, 0.29) is 5.69 Å². The lowest BCUT2D eigenvalue weighted by Gasteiger charge is -2.20. The summed E-state index contributed by atoms with van der Waals surface area (Å²) in [5.74, 6) is -1.23. The standard InChI is InChI=1S/C11H11NO4/c13-11(14)8-2-1-7-3-4-10(12(15)16)6-9(7)5-8/h3-4,6,8H,1-2,5H2,(H,13,14)/t8-/m0/s1. The van der Waals surface area contributed by atoms with Gasteiger partial charge in [0.05, 0.1) is 10.8 Å². The van der Waals surface area contributed by atoms with Crippen LogP contribution in [0.2, 0.25) is 0 Å². The number of nitro groups is 1. The van der Waals surface area contributed by atoms with E-state index in [9.17, 15) is 14.9 Å². The molecule has 0 saturated heterocycles. The second kappa shape index (κ2) is 3.92. The lowest BCUT2D eigenvalue weighted by atomic mass is 9.84. The number of nitrogens with zero attached hydrogens (tertiary/aromatic N) is 1. The molecular weight excluding hydrogens is 210 g/mol. The number of benzene rings is 1. The summed E-state index contributed by atoms with van der Waals surface area (Å²) in [5.41, 5.74) is 1.86. The van der Waals surface area contributed by atoms with Gasteiger partial charge < -0.3 is 5.11 Å². The number of fused-ring (bicyclic) bond motifs is 1. The smallest absolute Gasteiger partial charge is 0.306 e. The Morgan fingerprint density at radius 1 is 1.44 bits per heavy atom. The number of nitro benzene ring substituents is 1. The Morgan fingerprint density at radius 2 is 2.19 bits per heavy atom. The van der Waals surface area contributed by atoms with Crippen molar-refractivity contribution in [1.82, 2.24) is 0 Å². The third kappa shape index (κ3) is 1.88. The molecule has 1 aromatic rings. The molecule has 0 bridgehead atoms. The number of carboxylic acid groups (broad SMARTS) is 1. The molecule has 1 aliphatic carbocycles. The Kier molecular flexibility index (Phi) is 2.60. The van der Waals surface area contributed by atoms with Crippen molar-refractivity contribution in [1.29, 1.82) is 0 Å². The number of carboxylic acids is 1. The molecule has 0 unspecified atom stereocenters. The minimum absolute atomic E-state index is 0.0322. The maximum Gasteiger partial charge on any atom is 0.306 e. The molecule has 0 spiro atoms. The number of non-ortho nitro benzene ring substituents is 1. The molecule has 16 heavy (non-hydrogen) atoms. The normalized spacial score (nSPS) is 18.9. The van der Waals surface area contributed by atoms with Crippen LogP contribution < -0.4 is 0 Å². The van der Waals surface area contributed by atoms with Gasteiger partial charge in [-0.3, -0.25) is 14.9 Å². The predicted octanol–water partition coefficient (Wildman–Crippen LogP) is 1.78. The van der Waals surface area contributed by atoms with E-state index in [1.165, 1.54) is 12.1 Å². The number of hydrogen-bond donors (Lipinski definition) is 1. The first-order valence-electron chi connectivity index (χ1n) is 5.07. The summed E-state index contributed by atoms with van der Waals surface area (Å²) < 4.78 is 0. The number of rotatable bonds is 2. The van der Waals surface area contributed by atoms with Crippen LogP contribution in [0.15, 0.2) is 18.2 Å². The molecule has 0 aromatic heterocycles. The van der Waals surface area contributed by atoms with E-state index in [1.54, 1.807) is 6.07 Å². The fraction of sp³-hybridized carbons (Fsp3) is 0.364. The van der Waals surface area contributed by atoms with E-state index in [2.05, 4.69) is 0 Å². The Hall–Kier alpha value is -1.91. The van der Waals surface area contributed by atoms with E-state index in [4.69, 9.17) is 5.11 Å². The van der Waals surface area contributed by atoms with Gasteiger partial charge in [-0.05, 0) is 30.4 Å². The van der Waals surface area contributed by atoms with E-state index < -0.39 is 16.8 Å². The second-order valence-electron chi connectivity index (χ2n) is 3.99. The average molecular weight is 221 g/mol. The highest BCUT2D eigenvalue weighted by atomic mass is 16.6. The van der Waals surface area contributed by atoms with Crippen LogP contribution in [-0.2, 0) is 17.6 Å². The van der Waals surface area contributed by atoms with Crippen LogP contribution in [0.5, 0.6) is 0 Å². The highest BCUT2D eigenvalue weighted by Crippen LogP contribution is 2.28. The maximum atomic E-state index is 10.8. The minimum Gasteiger partial charge on any atom is -0.481 e. The molecular formula is C11H11NO4. The predicted molar refractivity (Wildman–Crippen MR) is 56.2 cm³/mol. The van der Waals surface area contributed by atoms with Crippen molar-refractivity contribution in [2.75, 3.05) is 0 Å². The third-order valence-corrected chi connectivity index (χ3v) is 2.98. The molecule has 0 amide bonds. The molecule has 84 valence electrons. The van der Waals surface area contributed by atoms with Crippen LogP contribution in [0.3, 0.4) is 0 Å². The quantitative estimate of drug-likeness (QED) is 0.609. The summed E-state index contributed by atoms with van der Waals surface area (Å²) in [6.45, 7) is 0. The first-order valence-corrected chi connectivity index (χ1v) is 5.07. The number of hydrogen-bond acceptors (Lipinski definition) is 3. The zero-order chi connectivity index (χ0) is 11.7. The summed E-state index contributed by atoms with van der Waals surface area (Å²) in [4.78, 5) is 21.0. The Balaban J connectivity index is 2.32. The Labute approximate surface area is 91.9 Å². The van der Waals surface area contributed by atoms with E-state index in [0.717, 1.165) is 11.1 Å². The van der Waals surface area contributed by atoms with Gasteiger partial charge >= 0.3 is 5.97 Å². The summed E-state index contributed by atoms with van der Waals surface area (Å²) in [6.07, 6.45) is 1.69. The maximum absolute atomic E-state index is 10.8. The molecule has 5 nitrogen and oxygen atoms in total. The van der Waals surface area contributed by atoms with Crippen molar-refractivity contribution in [2.24, 2.45) is 5.92 Å². The van der Waals surface area contributed by atoms with Crippen molar-refractivity contribution in [2.45, 2.75) is 19.3 Å². The molecule has 0 aliphatic heterocycles. The number of aliphatic carboxylic acids is 1. The highest BCUT2D eigenvalue weighted by molar-refractivity contribution is 5.71. The lowest BCUT2D eigenvalue weighted by Crippen LogP contribution is -2.22. The van der Waals surface area contributed by atoms with Crippen LogP contribution in [0.4, 0.5) is 5.69 Å². The van der Waals surface area contributed by atoms with Gasteiger partial charge in [0.1, 0.15) is 0 Å². The van der Waals surface area contributed by atoms with Crippen molar-refractivity contribution in [3.8, 4) is 0 Å².